The number of methoxy groups -OCH3 is 1. The minimum absolute atomic E-state index is 0.115. The molecule has 0 saturated heterocycles. The highest BCUT2D eigenvalue weighted by atomic mass is 32.1. The van der Waals surface area contributed by atoms with Gasteiger partial charge in [-0.3, -0.25) is 9.78 Å². The summed E-state index contributed by atoms with van der Waals surface area (Å²) in [4.78, 5) is 24.4. The van der Waals surface area contributed by atoms with Crippen LogP contribution in [0.1, 0.15) is 36.9 Å². The van der Waals surface area contributed by atoms with Crippen molar-refractivity contribution >= 4 is 33.0 Å². The summed E-state index contributed by atoms with van der Waals surface area (Å²) in [6.45, 7) is 2.49. The number of thiazole rings is 1. The van der Waals surface area contributed by atoms with Crippen LogP contribution >= 0.6 is 11.3 Å². The Bertz CT molecular complexity index is 1470. The van der Waals surface area contributed by atoms with E-state index in [4.69, 9.17) is 14.5 Å². The summed E-state index contributed by atoms with van der Waals surface area (Å²) in [5, 5.41) is 9.67. The molecule has 0 amide bonds. The summed E-state index contributed by atoms with van der Waals surface area (Å²) in [6.07, 6.45) is 2.84. The van der Waals surface area contributed by atoms with Gasteiger partial charge in [0, 0.05) is 12.8 Å². The number of ether oxygens (including phenoxy) is 2. The largest absolute Gasteiger partial charge is 0.486 e. The minimum atomic E-state index is -0.389. The van der Waals surface area contributed by atoms with E-state index in [-0.39, 0.29) is 17.3 Å². The number of hydrogen-bond donors (Lipinski definition) is 1. The maximum atomic E-state index is 12.6. The lowest BCUT2D eigenvalue weighted by atomic mass is 10.1. The van der Waals surface area contributed by atoms with Crippen molar-refractivity contribution in [1.29, 1.82) is 0 Å². The smallest absolute Gasteiger partial charge is 0.296 e. The average Bonchev–Trinajstić information content (AvgIpc) is 3.51. The summed E-state index contributed by atoms with van der Waals surface area (Å²) in [5.74, 6) is 0.155. The Morgan fingerprint density at radius 3 is 2.71 bits per heavy atom. The zero-order valence-electron chi connectivity index (χ0n) is 19.6. The first kappa shape index (κ1) is 22.9. The summed E-state index contributed by atoms with van der Waals surface area (Å²) >= 11 is 1.66. The van der Waals surface area contributed by atoms with Crippen LogP contribution in [-0.4, -0.2) is 40.1 Å². The van der Waals surface area contributed by atoms with Crippen LogP contribution in [0.15, 0.2) is 63.5 Å². The Balaban J connectivity index is 1.33. The number of fused-ring (bicyclic) bond motifs is 1. The van der Waals surface area contributed by atoms with E-state index in [0.29, 0.717) is 30.9 Å². The van der Waals surface area contributed by atoms with Gasteiger partial charge in [-0.05, 0) is 29.7 Å². The molecule has 5 rings (SSSR count). The lowest BCUT2D eigenvalue weighted by molar-refractivity contribution is 0.299. The highest BCUT2D eigenvalue weighted by Crippen LogP contribution is 2.29. The molecule has 2 aromatic heterocycles. The first-order chi connectivity index (χ1) is 17.1. The maximum absolute atomic E-state index is 12.6. The lowest BCUT2D eigenvalue weighted by Crippen LogP contribution is -2.20. The second-order valence-electron chi connectivity index (χ2n) is 8.18. The quantitative estimate of drug-likeness (QED) is 0.334. The van der Waals surface area contributed by atoms with E-state index < -0.39 is 0 Å². The normalized spacial score (nSPS) is 13.1. The Hall–Kier alpha value is -3.85. The van der Waals surface area contributed by atoms with Crippen molar-refractivity contribution < 1.29 is 9.47 Å². The molecular weight excluding hydrogens is 462 g/mol. The number of unbranched alkanes of at least 4 members (excludes halogenated alkanes) is 1. The van der Waals surface area contributed by atoms with Gasteiger partial charge in [0.1, 0.15) is 5.69 Å². The van der Waals surface area contributed by atoms with Crippen molar-refractivity contribution in [3.8, 4) is 22.9 Å². The van der Waals surface area contributed by atoms with Crippen LogP contribution in [0.25, 0.3) is 21.3 Å². The molecule has 0 aliphatic carbocycles. The van der Waals surface area contributed by atoms with E-state index in [9.17, 15) is 4.79 Å². The topological polar surface area (TPSA) is 102 Å². The van der Waals surface area contributed by atoms with E-state index in [1.807, 2.05) is 18.2 Å². The van der Waals surface area contributed by atoms with Gasteiger partial charge in [0.15, 0.2) is 0 Å². The van der Waals surface area contributed by atoms with E-state index >= 15 is 0 Å². The van der Waals surface area contributed by atoms with E-state index in [1.165, 1.54) is 18.2 Å². The van der Waals surface area contributed by atoms with Gasteiger partial charge < -0.3 is 9.47 Å². The van der Waals surface area contributed by atoms with E-state index in [0.717, 1.165) is 33.8 Å². The number of benzene rings is 2. The second-order valence-corrected chi connectivity index (χ2v) is 9.29. The van der Waals surface area contributed by atoms with Gasteiger partial charge in [-0.1, -0.05) is 49.7 Å². The molecule has 0 atom stereocenters. The molecule has 0 radical (unpaired) electrons. The summed E-state index contributed by atoms with van der Waals surface area (Å²) in [7, 11) is 1.45. The van der Waals surface area contributed by atoms with E-state index in [2.05, 4.69) is 57.4 Å². The van der Waals surface area contributed by atoms with Crippen molar-refractivity contribution in [3.05, 3.63) is 69.6 Å². The Kier molecular flexibility index (Phi) is 6.67. The maximum Gasteiger partial charge on any atom is 0.296 e. The fourth-order valence-electron chi connectivity index (χ4n) is 3.84. The number of hydrogen-bond acceptors (Lipinski definition) is 8. The number of H-pyrrole nitrogens is 1. The predicted molar refractivity (Wildman–Crippen MR) is 139 cm³/mol. The van der Waals surface area contributed by atoms with Crippen LogP contribution in [0.3, 0.4) is 0 Å². The fraction of sp³-hybridized carbons (Fsp3) is 0.269. The van der Waals surface area contributed by atoms with E-state index in [1.54, 1.807) is 11.3 Å². The fourth-order valence-corrected chi connectivity index (χ4v) is 4.88. The van der Waals surface area contributed by atoms with Gasteiger partial charge in [0.25, 0.3) is 11.6 Å². The van der Waals surface area contributed by atoms with Gasteiger partial charge in [-0.25, -0.2) is 4.98 Å². The first-order valence-electron chi connectivity index (χ1n) is 11.5. The lowest BCUT2D eigenvalue weighted by Gasteiger charge is -2.10. The Morgan fingerprint density at radius 1 is 1.06 bits per heavy atom. The zero-order valence-corrected chi connectivity index (χ0v) is 20.4. The molecule has 0 bridgehead atoms. The minimum Gasteiger partial charge on any atom is -0.486 e. The number of aromatic amines is 1. The number of nitrogens with zero attached hydrogens (tertiary/aromatic N) is 4. The molecular formula is C26H25N5O3S. The van der Waals surface area contributed by atoms with Gasteiger partial charge in [0.05, 0.1) is 40.4 Å². The molecule has 1 N–H and O–H groups in total. The molecule has 3 heterocycles. The third-order valence-electron chi connectivity index (χ3n) is 5.64. The van der Waals surface area contributed by atoms with Crippen molar-refractivity contribution in [2.24, 2.45) is 10.2 Å². The van der Waals surface area contributed by atoms with Gasteiger partial charge in [0.2, 0.25) is 5.75 Å². The van der Waals surface area contributed by atoms with Crippen LogP contribution in [0.5, 0.6) is 11.8 Å². The molecule has 178 valence electrons. The third-order valence-corrected chi connectivity index (χ3v) is 6.66. The van der Waals surface area contributed by atoms with Gasteiger partial charge >= 0.3 is 0 Å². The highest BCUT2D eigenvalue weighted by molar-refractivity contribution is 7.18. The average molecular weight is 488 g/mol. The predicted octanol–water partition coefficient (Wildman–Crippen LogP) is 5.03. The second kappa shape index (κ2) is 10.2. The van der Waals surface area contributed by atoms with Crippen LogP contribution in [0.2, 0.25) is 0 Å². The SMILES string of the molecule is CCCCOc1c(C2=NN=C(Cc3nc4ccc(-c5ccccc5)cc4s3)C2)nc(OC)[nH]c1=O. The zero-order chi connectivity index (χ0) is 24.2. The molecule has 35 heavy (non-hydrogen) atoms. The molecule has 0 unspecified atom stereocenters. The van der Waals surface area contributed by atoms with Crippen LogP contribution in [0, 0.1) is 0 Å². The Morgan fingerprint density at radius 2 is 1.91 bits per heavy atom. The van der Waals surface area contributed by atoms with Crippen molar-refractivity contribution in [2.75, 3.05) is 13.7 Å². The number of nitrogens with one attached hydrogen (secondary N) is 1. The molecule has 0 spiro atoms. The summed E-state index contributed by atoms with van der Waals surface area (Å²) in [5.41, 5.74) is 4.75. The molecule has 9 heteroatoms. The molecule has 0 saturated carbocycles. The highest BCUT2D eigenvalue weighted by Gasteiger charge is 2.24. The molecule has 0 fully saturated rings. The van der Waals surface area contributed by atoms with Crippen molar-refractivity contribution in [3.63, 3.8) is 0 Å². The molecule has 1 aliphatic rings. The Labute approximate surface area is 206 Å². The van der Waals surface area contributed by atoms with Crippen LogP contribution in [0.4, 0.5) is 0 Å². The summed E-state index contributed by atoms with van der Waals surface area (Å²) < 4.78 is 12.0. The van der Waals surface area contributed by atoms with Crippen molar-refractivity contribution in [1.82, 2.24) is 15.0 Å². The molecule has 1 aliphatic heterocycles. The van der Waals surface area contributed by atoms with Crippen LogP contribution in [-0.2, 0) is 6.42 Å². The summed E-state index contributed by atoms with van der Waals surface area (Å²) in [6, 6.07) is 16.8. The standard InChI is InChI=1S/C26H25N5O3S/c1-3-4-12-34-24-23(28-26(33-2)29-25(24)32)20-14-18(30-31-20)15-22-27-19-11-10-17(13-21(19)35-22)16-8-6-5-7-9-16/h5-11,13H,3-4,12,14-15H2,1-2H3,(H,28,29,32). The first-order valence-corrected chi connectivity index (χ1v) is 12.3. The number of aromatic nitrogens is 3. The molecule has 4 aromatic rings. The molecule has 2 aromatic carbocycles. The van der Waals surface area contributed by atoms with Crippen molar-refractivity contribution in [2.45, 2.75) is 32.6 Å². The van der Waals surface area contributed by atoms with Gasteiger partial charge in [-0.15, -0.1) is 11.3 Å². The monoisotopic (exact) mass is 487 g/mol. The van der Waals surface area contributed by atoms with Gasteiger partial charge in [-0.2, -0.15) is 15.2 Å². The third kappa shape index (κ3) is 5.00. The number of rotatable bonds is 9. The molecule has 8 nitrogen and oxygen atoms in total. The van der Waals surface area contributed by atoms with Crippen LogP contribution < -0.4 is 15.0 Å².